The van der Waals surface area contributed by atoms with E-state index in [-0.39, 0.29) is 0 Å². The summed E-state index contributed by atoms with van der Waals surface area (Å²) < 4.78 is 5.04. The maximum Gasteiger partial charge on any atom is 0.0661 e. The van der Waals surface area contributed by atoms with E-state index in [1.54, 1.807) is 7.11 Å². The molecule has 2 heteroatoms. The molecular weight excluding hydrogens is 162 g/mol. The highest BCUT2D eigenvalue weighted by Crippen LogP contribution is 2.10. The van der Waals surface area contributed by atoms with Crippen LogP contribution in [0.5, 0.6) is 0 Å². The number of ether oxygens (including phenoxy) is 1. The Bertz CT molecular complexity index is 260. The van der Waals surface area contributed by atoms with Gasteiger partial charge in [0, 0.05) is 18.8 Å². The van der Waals surface area contributed by atoms with Crippen molar-refractivity contribution in [1.29, 1.82) is 0 Å². The topological polar surface area (TPSA) is 21.3 Å². The van der Waals surface area contributed by atoms with Crippen molar-refractivity contribution in [3.8, 4) is 0 Å². The average molecular weight is 179 g/mol. The Kier molecular flexibility index (Phi) is 3.77. The van der Waals surface area contributed by atoms with Crippen LogP contribution in [0.2, 0.25) is 0 Å². The van der Waals surface area contributed by atoms with E-state index in [0.717, 1.165) is 12.3 Å². The highest BCUT2D eigenvalue weighted by Gasteiger charge is 1.99. The van der Waals surface area contributed by atoms with Crippen molar-refractivity contribution in [2.75, 3.05) is 19.0 Å². The lowest BCUT2D eigenvalue weighted by Gasteiger charge is -2.14. The molecule has 0 bridgehead atoms. The SMILES string of the molecule is COCC(C)Nc1cccc(C)c1. The predicted molar refractivity (Wildman–Crippen MR) is 56.1 cm³/mol. The quantitative estimate of drug-likeness (QED) is 0.766. The molecule has 0 aromatic heterocycles. The van der Waals surface area contributed by atoms with E-state index < -0.39 is 0 Å². The highest BCUT2D eigenvalue weighted by molar-refractivity contribution is 5.46. The van der Waals surface area contributed by atoms with Crippen LogP contribution >= 0.6 is 0 Å². The third kappa shape index (κ3) is 3.47. The third-order valence-electron chi connectivity index (χ3n) is 1.85. The minimum atomic E-state index is 0.354. The molecule has 1 atom stereocenters. The molecular formula is C11H17NO. The van der Waals surface area contributed by atoms with Crippen LogP contribution in [0.1, 0.15) is 12.5 Å². The third-order valence-corrected chi connectivity index (χ3v) is 1.85. The zero-order chi connectivity index (χ0) is 9.68. The monoisotopic (exact) mass is 179 g/mol. The molecule has 1 aromatic carbocycles. The maximum absolute atomic E-state index is 5.04. The maximum atomic E-state index is 5.04. The van der Waals surface area contributed by atoms with Crippen molar-refractivity contribution in [3.63, 3.8) is 0 Å². The summed E-state index contributed by atoms with van der Waals surface area (Å²) >= 11 is 0. The first-order chi connectivity index (χ1) is 6.22. The van der Waals surface area contributed by atoms with Gasteiger partial charge in [0.05, 0.1) is 6.61 Å². The van der Waals surface area contributed by atoms with Crippen molar-refractivity contribution in [2.24, 2.45) is 0 Å². The average Bonchev–Trinajstić information content (AvgIpc) is 2.04. The lowest BCUT2D eigenvalue weighted by atomic mass is 10.2. The molecule has 0 aliphatic heterocycles. The fourth-order valence-corrected chi connectivity index (χ4v) is 1.31. The summed E-state index contributed by atoms with van der Waals surface area (Å²) in [6.07, 6.45) is 0. The van der Waals surface area contributed by atoms with Gasteiger partial charge in [-0.1, -0.05) is 12.1 Å². The largest absolute Gasteiger partial charge is 0.383 e. The van der Waals surface area contributed by atoms with Crippen molar-refractivity contribution in [3.05, 3.63) is 29.8 Å². The summed E-state index contributed by atoms with van der Waals surface area (Å²) in [7, 11) is 1.72. The second-order valence-electron chi connectivity index (χ2n) is 3.37. The standard InChI is InChI=1S/C11H17NO/c1-9-5-4-6-11(7-9)12-10(2)8-13-3/h4-7,10,12H,8H2,1-3H3. The number of hydrogen-bond donors (Lipinski definition) is 1. The molecule has 0 aliphatic rings. The summed E-state index contributed by atoms with van der Waals surface area (Å²) in [5.41, 5.74) is 2.43. The zero-order valence-corrected chi connectivity index (χ0v) is 8.50. The van der Waals surface area contributed by atoms with E-state index in [4.69, 9.17) is 4.74 Å². The minimum Gasteiger partial charge on any atom is -0.383 e. The van der Waals surface area contributed by atoms with E-state index in [0.29, 0.717) is 6.04 Å². The molecule has 1 aromatic rings. The van der Waals surface area contributed by atoms with Gasteiger partial charge in [0.1, 0.15) is 0 Å². The number of anilines is 1. The van der Waals surface area contributed by atoms with Crippen molar-refractivity contribution >= 4 is 5.69 Å². The Morgan fingerprint density at radius 2 is 2.23 bits per heavy atom. The number of aryl methyl sites for hydroxylation is 1. The lowest BCUT2D eigenvalue weighted by molar-refractivity contribution is 0.190. The summed E-state index contributed by atoms with van der Waals surface area (Å²) in [6, 6.07) is 8.70. The van der Waals surface area contributed by atoms with E-state index in [2.05, 4.69) is 43.4 Å². The van der Waals surface area contributed by atoms with E-state index in [9.17, 15) is 0 Å². The van der Waals surface area contributed by atoms with Gasteiger partial charge < -0.3 is 10.1 Å². The summed E-state index contributed by atoms with van der Waals surface area (Å²) in [5, 5.41) is 3.36. The van der Waals surface area contributed by atoms with Crippen LogP contribution in [0.4, 0.5) is 5.69 Å². The first-order valence-corrected chi connectivity index (χ1v) is 4.54. The normalized spacial score (nSPS) is 12.5. The molecule has 13 heavy (non-hydrogen) atoms. The smallest absolute Gasteiger partial charge is 0.0661 e. The molecule has 1 N–H and O–H groups in total. The Morgan fingerprint density at radius 3 is 2.85 bits per heavy atom. The van der Waals surface area contributed by atoms with Crippen LogP contribution in [0.3, 0.4) is 0 Å². The van der Waals surface area contributed by atoms with Gasteiger partial charge in [0.25, 0.3) is 0 Å². The van der Waals surface area contributed by atoms with Crippen LogP contribution in [-0.4, -0.2) is 19.8 Å². The fraction of sp³-hybridized carbons (Fsp3) is 0.455. The van der Waals surface area contributed by atoms with Gasteiger partial charge in [0.2, 0.25) is 0 Å². The van der Waals surface area contributed by atoms with Gasteiger partial charge in [0.15, 0.2) is 0 Å². The summed E-state index contributed by atoms with van der Waals surface area (Å²) in [6.45, 7) is 4.92. The minimum absolute atomic E-state index is 0.354. The first-order valence-electron chi connectivity index (χ1n) is 4.54. The molecule has 0 fully saturated rings. The van der Waals surface area contributed by atoms with Crippen LogP contribution in [0.15, 0.2) is 24.3 Å². The van der Waals surface area contributed by atoms with Gasteiger partial charge in [-0.25, -0.2) is 0 Å². The van der Waals surface area contributed by atoms with Crippen LogP contribution < -0.4 is 5.32 Å². The fourth-order valence-electron chi connectivity index (χ4n) is 1.31. The molecule has 2 nitrogen and oxygen atoms in total. The number of methoxy groups -OCH3 is 1. The van der Waals surface area contributed by atoms with Gasteiger partial charge in [-0.2, -0.15) is 0 Å². The predicted octanol–water partition coefficient (Wildman–Crippen LogP) is 2.44. The van der Waals surface area contributed by atoms with Crippen molar-refractivity contribution in [2.45, 2.75) is 19.9 Å². The Hall–Kier alpha value is -1.02. The number of rotatable bonds is 4. The van der Waals surface area contributed by atoms with Gasteiger partial charge in [-0.05, 0) is 31.5 Å². The Balaban J connectivity index is 2.53. The van der Waals surface area contributed by atoms with Crippen LogP contribution in [0, 0.1) is 6.92 Å². The van der Waals surface area contributed by atoms with E-state index in [1.807, 2.05) is 0 Å². The zero-order valence-electron chi connectivity index (χ0n) is 8.50. The molecule has 72 valence electrons. The number of nitrogens with one attached hydrogen (secondary N) is 1. The Morgan fingerprint density at radius 1 is 1.46 bits per heavy atom. The number of hydrogen-bond acceptors (Lipinski definition) is 2. The number of benzene rings is 1. The van der Waals surface area contributed by atoms with Gasteiger partial charge in [-0.3, -0.25) is 0 Å². The van der Waals surface area contributed by atoms with Crippen molar-refractivity contribution in [1.82, 2.24) is 0 Å². The lowest BCUT2D eigenvalue weighted by Crippen LogP contribution is -2.20. The van der Waals surface area contributed by atoms with Crippen LogP contribution in [0.25, 0.3) is 0 Å². The highest BCUT2D eigenvalue weighted by atomic mass is 16.5. The Labute approximate surface area is 79.9 Å². The molecule has 0 saturated heterocycles. The van der Waals surface area contributed by atoms with Gasteiger partial charge >= 0.3 is 0 Å². The van der Waals surface area contributed by atoms with E-state index >= 15 is 0 Å². The van der Waals surface area contributed by atoms with Gasteiger partial charge in [-0.15, -0.1) is 0 Å². The molecule has 0 radical (unpaired) electrons. The molecule has 0 amide bonds. The molecule has 0 aliphatic carbocycles. The molecule has 0 heterocycles. The first kappa shape index (κ1) is 10.1. The summed E-state index contributed by atoms with van der Waals surface area (Å²) in [5.74, 6) is 0. The molecule has 1 rings (SSSR count). The van der Waals surface area contributed by atoms with Crippen LogP contribution in [-0.2, 0) is 4.74 Å². The van der Waals surface area contributed by atoms with E-state index in [1.165, 1.54) is 5.56 Å². The van der Waals surface area contributed by atoms with Crippen molar-refractivity contribution < 1.29 is 4.74 Å². The summed E-state index contributed by atoms with van der Waals surface area (Å²) in [4.78, 5) is 0. The molecule has 0 saturated carbocycles. The second kappa shape index (κ2) is 4.87. The second-order valence-corrected chi connectivity index (χ2v) is 3.37. The molecule has 0 spiro atoms. The molecule has 1 unspecified atom stereocenters.